The van der Waals surface area contributed by atoms with Crippen LogP contribution < -0.4 is 5.32 Å². The highest BCUT2D eigenvalue weighted by atomic mass is 35.5. The Morgan fingerprint density at radius 2 is 1.86 bits per heavy atom. The summed E-state index contributed by atoms with van der Waals surface area (Å²) >= 11 is 6.09. The Labute approximate surface area is 221 Å². The minimum atomic E-state index is -0.580. The number of aliphatic hydroxyl groups excluding tert-OH is 1. The van der Waals surface area contributed by atoms with Gasteiger partial charge in [-0.05, 0) is 37.1 Å². The molecule has 7 nitrogen and oxygen atoms in total. The second kappa shape index (κ2) is 11.2. The van der Waals surface area contributed by atoms with Crippen LogP contribution in [-0.4, -0.2) is 68.9 Å². The molecule has 0 radical (unpaired) electrons. The van der Waals surface area contributed by atoms with Crippen LogP contribution in [0, 0.1) is 5.82 Å². The molecule has 3 aromatic rings. The molecule has 2 N–H and O–H groups in total. The lowest BCUT2D eigenvalue weighted by molar-refractivity contribution is -0.129. The molecule has 37 heavy (non-hydrogen) atoms. The number of carbonyl (C=O) groups excluding carboxylic acids is 1. The van der Waals surface area contributed by atoms with Gasteiger partial charge in [0.15, 0.2) is 0 Å². The first-order valence-corrected chi connectivity index (χ1v) is 13.3. The number of rotatable bonds is 7. The lowest BCUT2D eigenvalue weighted by Gasteiger charge is -2.34. The van der Waals surface area contributed by atoms with Gasteiger partial charge in [-0.1, -0.05) is 35.9 Å². The fraction of sp³-hybridized carbons (Fsp3) is 0.429. The molecule has 1 unspecified atom stereocenters. The minimum Gasteiger partial charge on any atom is -0.390 e. The molecule has 2 aliphatic heterocycles. The quantitative estimate of drug-likeness (QED) is 0.484. The van der Waals surface area contributed by atoms with Crippen LogP contribution in [0.2, 0.25) is 5.02 Å². The summed E-state index contributed by atoms with van der Waals surface area (Å²) in [5.41, 5.74) is 4.45. The molecule has 3 heterocycles. The molecule has 0 bridgehead atoms. The van der Waals surface area contributed by atoms with Crippen LogP contribution in [0.3, 0.4) is 0 Å². The summed E-state index contributed by atoms with van der Waals surface area (Å²) in [6.45, 7) is 5.37. The molecular weight excluding hydrogens is 493 g/mol. The van der Waals surface area contributed by atoms with Crippen molar-refractivity contribution < 1.29 is 14.3 Å². The predicted octanol–water partition coefficient (Wildman–Crippen LogP) is 4.18. The van der Waals surface area contributed by atoms with Gasteiger partial charge in [-0.2, -0.15) is 5.10 Å². The summed E-state index contributed by atoms with van der Waals surface area (Å²) < 4.78 is 15.9. The second-order valence-corrected chi connectivity index (χ2v) is 10.4. The van der Waals surface area contributed by atoms with Gasteiger partial charge in [0.1, 0.15) is 5.82 Å². The van der Waals surface area contributed by atoms with Crippen molar-refractivity contribution in [2.75, 3.05) is 31.5 Å². The molecule has 1 aromatic heterocycles. The summed E-state index contributed by atoms with van der Waals surface area (Å²) in [4.78, 5) is 16.2. The van der Waals surface area contributed by atoms with E-state index in [-0.39, 0.29) is 17.8 Å². The Morgan fingerprint density at radius 1 is 1.14 bits per heavy atom. The maximum atomic E-state index is 14.0. The van der Waals surface area contributed by atoms with E-state index in [1.165, 1.54) is 6.07 Å². The minimum absolute atomic E-state index is 0.0494. The van der Waals surface area contributed by atoms with Gasteiger partial charge >= 0.3 is 0 Å². The average Bonchev–Trinajstić information content (AvgIpc) is 3.24. The summed E-state index contributed by atoms with van der Waals surface area (Å²) in [7, 11) is 0. The fourth-order valence-electron chi connectivity index (χ4n) is 5.36. The normalized spacial score (nSPS) is 17.5. The number of amides is 1. The smallest absolute Gasteiger partial charge is 0.219 e. The number of likely N-dealkylation sites (tertiary alicyclic amines) is 1. The van der Waals surface area contributed by atoms with E-state index in [9.17, 15) is 14.3 Å². The standard InChI is InChI=1S/C28H33ClFN5O2/c1-19(36)34-15-12-27-24(18-34)28(20-6-8-21(29)9-7-20)32-35(27)17-23(37)16-33-13-10-22(11-14-33)31-26-5-3-2-4-25(26)30/h2-9,22-23,31,37H,10-18H2,1H3. The van der Waals surface area contributed by atoms with Crippen LogP contribution in [-0.2, 0) is 24.3 Å². The number of β-amino-alcohol motifs (C(OH)–C–C–N with tert-alkyl or cyclic N) is 1. The number of hydrogen-bond acceptors (Lipinski definition) is 5. The van der Waals surface area contributed by atoms with Gasteiger partial charge in [0.2, 0.25) is 5.91 Å². The molecule has 1 amide bonds. The zero-order valence-electron chi connectivity index (χ0n) is 21.0. The van der Waals surface area contributed by atoms with Crippen LogP contribution in [0.15, 0.2) is 48.5 Å². The largest absolute Gasteiger partial charge is 0.390 e. The number of benzene rings is 2. The third kappa shape index (κ3) is 5.98. The van der Waals surface area contributed by atoms with Gasteiger partial charge < -0.3 is 20.2 Å². The van der Waals surface area contributed by atoms with Gasteiger partial charge in [0, 0.05) is 74.0 Å². The Kier molecular flexibility index (Phi) is 7.79. The van der Waals surface area contributed by atoms with Crippen LogP contribution >= 0.6 is 11.6 Å². The highest BCUT2D eigenvalue weighted by Crippen LogP contribution is 2.31. The monoisotopic (exact) mass is 525 g/mol. The van der Waals surface area contributed by atoms with Crippen molar-refractivity contribution in [2.45, 2.75) is 51.4 Å². The van der Waals surface area contributed by atoms with Crippen molar-refractivity contribution in [3.05, 3.63) is 70.6 Å². The van der Waals surface area contributed by atoms with Gasteiger partial charge in [0.25, 0.3) is 0 Å². The summed E-state index contributed by atoms with van der Waals surface area (Å²) in [6.07, 6.45) is 1.90. The maximum Gasteiger partial charge on any atom is 0.219 e. The van der Waals surface area contributed by atoms with Gasteiger partial charge in [-0.15, -0.1) is 0 Å². The Balaban J connectivity index is 1.23. The number of halogens is 2. The maximum absolute atomic E-state index is 14.0. The molecule has 1 saturated heterocycles. The highest BCUT2D eigenvalue weighted by Gasteiger charge is 2.28. The molecule has 0 saturated carbocycles. The predicted molar refractivity (Wildman–Crippen MR) is 143 cm³/mol. The second-order valence-electron chi connectivity index (χ2n) is 10.0. The molecule has 0 aliphatic carbocycles. The van der Waals surface area contributed by atoms with Crippen LogP contribution in [0.25, 0.3) is 11.3 Å². The van der Waals surface area contributed by atoms with E-state index < -0.39 is 6.10 Å². The van der Waals surface area contributed by atoms with Crippen molar-refractivity contribution >= 4 is 23.2 Å². The molecule has 9 heteroatoms. The van der Waals surface area contributed by atoms with E-state index in [1.54, 1.807) is 19.1 Å². The van der Waals surface area contributed by atoms with E-state index in [4.69, 9.17) is 16.7 Å². The van der Waals surface area contributed by atoms with E-state index >= 15 is 0 Å². The molecule has 1 fully saturated rings. The molecular formula is C28H33ClFN5O2. The van der Waals surface area contributed by atoms with Crippen molar-refractivity contribution in [1.29, 1.82) is 0 Å². The Hall–Kier alpha value is -2.94. The van der Waals surface area contributed by atoms with Crippen LogP contribution in [0.1, 0.15) is 31.0 Å². The van der Waals surface area contributed by atoms with Gasteiger partial charge in [-0.25, -0.2) is 4.39 Å². The number of para-hydroxylation sites is 1. The number of nitrogens with zero attached hydrogens (tertiary/aromatic N) is 4. The number of anilines is 1. The molecule has 2 aromatic carbocycles. The fourth-order valence-corrected chi connectivity index (χ4v) is 5.49. The third-order valence-corrected chi connectivity index (χ3v) is 7.62. The van der Waals surface area contributed by atoms with Crippen molar-refractivity contribution in [1.82, 2.24) is 19.6 Å². The topological polar surface area (TPSA) is 73.6 Å². The first kappa shape index (κ1) is 25.7. The number of carbonyl (C=O) groups is 1. The average molecular weight is 526 g/mol. The van der Waals surface area contributed by atoms with Crippen LogP contribution in [0.4, 0.5) is 10.1 Å². The first-order valence-electron chi connectivity index (χ1n) is 12.9. The number of fused-ring (bicyclic) bond motifs is 1. The lowest BCUT2D eigenvalue weighted by Crippen LogP contribution is -2.43. The van der Waals surface area contributed by atoms with E-state index in [0.29, 0.717) is 43.3 Å². The number of piperidine rings is 1. The Morgan fingerprint density at radius 3 is 2.57 bits per heavy atom. The van der Waals surface area contributed by atoms with E-state index in [0.717, 1.165) is 48.4 Å². The number of nitrogens with one attached hydrogen (secondary N) is 1. The molecule has 5 rings (SSSR count). The van der Waals surface area contributed by atoms with E-state index in [2.05, 4.69) is 10.2 Å². The summed E-state index contributed by atoms with van der Waals surface area (Å²) in [6, 6.07) is 14.5. The first-order chi connectivity index (χ1) is 17.9. The highest BCUT2D eigenvalue weighted by molar-refractivity contribution is 6.30. The van der Waals surface area contributed by atoms with E-state index in [1.807, 2.05) is 39.9 Å². The van der Waals surface area contributed by atoms with Gasteiger partial charge in [0.05, 0.1) is 24.0 Å². The summed E-state index contributed by atoms with van der Waals surface area (Å²) in [5.74, 6) is -0.180. The van der Waals surface area contributed by atoms with Gasteiger partial charge in [-0.3, -0.25) is 9.48 Å². The molecule has 0 spiro atoms. The SMILES string of the molecule is CC(=O)N1CCc2c(c(-c3ccc(Cl)cc3)nn2CC(O)CN2CCC(Nc3ccccc3F)CC2)C1. The van der Waals surface area contributed by atoms with Crippen LogP contribution in [0.5, 0.6) is 0 Å². The van der Waals surface area contributed by atoms with Crippen molar-refractivity contribution in [3.8, 4) is 11.3 Å². The molecule has 196 valence electrons. The van der Waals surface area contributed by atoms with Crippen molar-refractivity contribution in [2.24, 2.45) is 0 Å². The lowest BCUT2D eigenvalue weighted by atomic mass is 10.0. The summed E-state index contributed by atoms with van der Waals surface area (Å²) in [5, 5.41) is 19.9. The zero-order valence-corrected chi connectivity index (χ0v) is 21.8. The number of aromatic nitrogens is 2. The Bertz CT molecular complexity index is 1240. The van der Waals surface area contributed by atoms with Crippen molar-refractivity contribution in [3.63, 3.8) is 0 Å². The number of aliphatic hydroxyl groups is 1. The molecule has 1 atom stereocenters. The molecule has 2 aliphatic rings. The zero-order chi connectivity index (χ0) is 25.9. The third-order valence-electron chi connectivity index (χ3n) is 7.37. The number of hydrogen-bond donors (Lipinski definition) is 2.